The number of pyridine rings is 1. The highest BCUT2D eigenvalue weighted by Crippen LogP contribution is 2.44. The Kier molecular flexibility index (Phi) is 3.84. The molecule has 0 amide bonds. The SMILES string of the molecule is O=C1c2ccccc2C(=O)c2c1c(O)c1ccc(-c3ccccc3[N+](=O)[O-])nc1c2O. The van der Waals surface area contributed by atoms with E-state index in [9.17, 15) is 29.9 Å². The van der Waals surface area contributed by atoms with Gasteiger partial charge < -0.3 is 10.2 Å². The zero-order chi connectivity index (χ0) is 21.9. The molecule has 3 aromatic carbocycles. The van der Waals surface area contributed by atoms with Crippen molar-refractivity contribution < 1.29 is 24.7 Å². The molecule has 1 aliphatic rings. The van der Waals surface area contributed by atoms with Crippen LogP contribution >= 0.6 is 0 Å². The molecule has 0 saturated heterocycles. The Hall–Kier alpha value is -4.59. The normalized spacial score (nSPS) is 12.5. The number of rotatable bonds is 2. The van der Waals surface area contributed by atoms with Gasteiger partial charge in [-0.15, -0.1) is 0 Å². The molecule has 150 valence electrons. The molecule has 1 heterocycles. The number of fused-ring (bicyclic) bond motifs is 3. The molecule has 0 atom stereocenters. The summed E-state index contributed by atoms with van der Waals surface area (Å²) in [4.78, 5) is 41.1. The first-order valence-electron chi connectivity index (χ1n) is 9.21. The van der Waals surface area contributed by atoms with Crippen LogP contribution in [0.4, 0.5) is 5.69 Å². The highest BCUT2D eigenvalue weighted by Gasteiger charge is 2.36. The summed E-state index contributed by atoms with van der Waals surface area (Å²) in [7, 11) is 0. The zero-order valence-electron chi connectivity index (χ0n) is 15.7. The van der Waals surface area contributed by atoms with Gasteiger partial charge in [0.1, 0.15) is 11.3 Å². The summed E-state index contributed by atoms with van der Waals surface area (Å²) < 4.78 is 0. The molecule has 0 bridgehead atoms. The van der Waals surface area contributed by atoms with Crippen molar-refractivity contribution in [3.8, 4) is 22.8 Å². The molecule has 0 aliphatic heterocycles. The van der Waals surface area contributed by atoms with Crippen molar-refractivity contribution >= 4 is 28.2 Å². The third kappa shape index (κ3) is 2.52. The van der Waals surface area contributed by atoms with E-state index in [2.05, 4.69) is 4.98 Å². The number of aromatic hydroxyl groups is 2. The number of hydrogen-bond acceptors (Lipinski definition) is 7. The predicted octanol–water partition coefficient (Wildman–Crippen LogP) is 4.00. The molecule has 31 heavy (non-hydrogen) atoms. The molecular weight excluding hydrogens is 400 g/mol. The van der Waals surface area contributed by atoms with E-state index in [1.807, 2.05) is 0 Å². The Bertz CT molecular complexity index is 1470. The average molecular weight is 412 g/mol. The number of hydrogen-bond donors (Lipinski definition) is 2. The molecule has 8 heteroatoms. The Labute approximate surface area is 174 Å². The average Bonchev–Trinajstić information content (AvgIpc) is 2.79. The predicted molar refractivity (Wildman–Crippen MR) is 110 cm³/mol. The summed E-state index contributed by atoms with van der Waals surface area (Å²) in [5.41, 5.74) is -0.302. The van der Waals surface area contributed by atoms with Gasteiger partial charge in [0.15, 0.2) is 17.3 Å². The molecule has 2 N–H and O–H groups in total. The van der Waals surface area contributed by atoms with Gasteiger partial charge in [-0.05, 0) is 18.2 Å². The molecule has 0 spiro atoms. The van der Waals surface area contributed by atoms with Crippen LogP contribution in [0.3, 0.4) is 0 Å². The molecule has 0 unspecified atom stereocenters. The van der Waals surface area contributed by atoms with Crippen LogP contribution in [0.1, 0.15) is 31.8 Å². The van der Waals surface area contributed by atoms with Crippen LogP contribution in [-0.4, -0.2) is 31.7 Å². The summed E-state index contributed by atoms with van der Waals surface area (Å²) in [6.45, 7) is 0. The second-order valence-electron chi connectivity index (χ2n) is 7.02. The van der Waals surface area contributed by atoms with Crippen LogP contribution in [0.5, 0.6) is 11.5 Å². The summed E-state index contributed by atoms with van der Waals surface area (Å²) in [6.07, 6.45) is 0. The number of aromatic nitrogens is 1. The fraction of sp³-hybridized carbons (Fsp3) is 0. The Morgan fingerprint density at radius 3 is 1.90 bits per heavy atom. The van der Waals surface area contributed by atoms with Gasteiger partial charge in [0.2, 0.25) is 0 Å². The third-order valence-corrected chi connectivity index (χ3v) is 5.35. The summed E-state index contributed by atoms with van der Waals surface area (Å²) >= 11 is 0. The Balaban J connectivity index is 1.81. The van der Waals surface area contributed by atoms with Gasteiger partial charge in [-0.25, -0.2) is 4.98 Å². The van der Waals surface area contributed by atoms with Crippen LogP contribution in [0.15, 0.2) is 60.7 Å². The van der Waals surface area contributed by atoms with Crippen molar-refractivity contribution in [3.05, 3.63) is 93.0 Å². The van der Waals surface area contributed by atoms with Crippen molar-refractivity contribution in [2.75, 3.05) is 0 Å². The zero-order valence-corrected chi connectivity index (χ0v) is 15.7. The lowest BCUT2D eigenvalue weighted by molar-refractivity contribution is -0.384. The third-order valence-electron chi connectivity index (χ3n) is 5.35. The Morgan fingerprint density at radius 1 is 0.742 bits per heavy atom. The van der Waals surface area contributed by atoms with Gasteiger partial charge in [-0.1, -0.05) is 36.4 Å². The largest absolute Gasteiger partial charge is 0.506 e. The maximum atomic E-state index is 13.0. The van der Waals surface area contributed by atoms with E-state index in [0.29, 0.717) is 0 Å². The van der Waals surface area contributed by atoms with E-state index in [1.165, 1.54) is 42.5 Å². The highest BCUT2D eigenvalue weighted by atomic mass is 16.6. The number of nitro benzene ring substituents is 1. The Morgan fingerprint density at radius 2 is 1.29 bits per heavy atom. The highest BCUT2D eigenvalue weighted by molar-refractivity contribution is 6.32. The molecule has 0 radical (unpaired) electrons. The molecule has 5 rings (SSSR count). The lowest BCUT2D eigenvalue weighted by Crippen LogP contribution is -2.21. The number of para-hydroxylation sites is 1. The molecule has 1 aromatic heterocycles. The van der Waals surface area contributed by atoms with Crippen molar-refractivity contribution in [2.45, 2.75) is 0 Å². The lowest BCUT2D eigenvalue weighted by atomic mass is 9.82. The first-order chi connectivity index (χ1) is 14.9. The number of benzene rings is 3. The maximum Gasteiger partial charge on any atom is 0.278 e. The number of nitrogens with zero attached hydrogens (tertiary/aromatic N) is 2. The minimum Gasteiger partial charge on any atom is -0.506 e. The van der Waals surface area contributed by atoms with Gasteiger partial charge in [-0.2, -0.15) is 0 Å². The van der Waals surface area contributed by atoms with Gasteiger partial charge in [-0.3, -0.25) is 19.7 Å². The lowest BCUT2D eigenvalue weighted by Gasteiger charge is -2.20. The van der Waals surface area contributed by atoms with E-state index in [1.54, 1.807) is 18.2 Å². The van der Waals surface area contributed by atoms with Crippen LogP contribution in [0.2, 0.25) is 0 Å². The molecule has 4 aromatic rings. The summed E-state index contributed by atoms with van der Waals surface area (Å²) in [5.74, 6) is -2.23. The van der Waals surface area contributed by atoms with Crippen molar-refractivity contribution in [2.24, 2.45) is 0 Å². The first-order valence-corrected chi connectivity index (χ1v) is 9.21. The first kappa shape index (κ1) is 18.4. The molecular formula is C23H12N2O6. The number of carbonyl (C=O) groups excluding carboxylic acids is 2. The van der Waals surface area contributed by atoms with Crippen molar-refractivity contribution in [1.29, 1.82) is 0 Å². The standard InChI is InChI=1S/C23H12N2O6/c26-20-11-5-1-2-6-12(11)21(27)18-17(20)22(28)14-9-10-15(24-19(14)23(18)29)13-7-3-4-8-16(13)25(30)31/h1-10,28-29H. The molecule has 0 saturated carbocycles. The molecule has 8 nitrogen and oxygen atoms in total. The van der Waals surface area contributed by atoms with Crippen LogP contribution < -0.4 is 0 Å². The number of carbonyl (C=O) groups is 2. The van der Waals surface area contributed by atoms with E-state index in [4.69, 9.17) is 0 Å². The number of phenolic OH excluding ortho intramolecular Hbond substituents is 2. The van der Waals surface area contributed by atoms with E-state index in [-0.39, 0.29) is 50.1 Å². The van der Waals surface area contributed by atoms with Gasteiger partial charge in [0.25, 0.3) is 5.69 Å². The second kappa shape index (κ2) is 6.46. The fourth-order valence-electron chi connectivity index (χ4n) is 3.91. The van der Waals surface area contributed by atoms with Gasteiger partial charge >= 0.3 is 0 Å². The second-order valence-corrected chi connectivity index (χ2v) is 7.02. The topological polar surface area (TPSA) is 131 Å². The van der Waals surface area contributed by atoms with Crippen LogP contribution in [0.25, 0.3) is 22.2 Å². The number of phenols is 2. The number of ketones is 2. The molecule has 0 fully saturated rings. The summed E-state index contributed by atoms with van der Waals surface area (Å²) in [6, 6.07) is 15.0. The van der Waals surface area contributed by atoms with Crippen LogP contribution in [-0.2, 0) is 0 Å². The van der Waals surface area contributed by atoms with Crippen LogP contribution in [0, 0.1) is 10.1 Å². The monoisotopic (exact) mass is 412 g/mol. The van der Waals surface area contributed by atoms with Crippen molar-refractivity contribution in [1.82, 2.24) is 4.98 Å². The fourth-order valence-corrected chi connectivity index (χ4v) is 3.91. The minimum atomic E-state index is -0.613. The van der Waals surface area contributed by atoms with E-state index < -0.39 is 28.0 Å². The maximum absolute atomic E-state index is 13.0. The number of nitro groups is 1. The van der Waals surface area contributed by atoms with E-state index in [0.717, 1.165) is 0 Å². The summed E-state index contributed by atoms with van der Waals surface area (Å²) in [5, 5.41) is 33.1. The molecule has 1 aliphatic carbocycles. The minimum absolute atomic E-state index is 0.0547. The van der Waals surface area contributed by atoms with Gasteiger partial charge in [0, 0.05) is 22.6 Å². The van der Waals surface area contributed by atoms with Gasteiger partial charge in [0.05, 0.1) is 27.3 Å². The smallest absolute Gasteiger partial charge is 0.278 e. The van der Waals surface area contributed by atoms with E-state index >= 15 is 0 Å². The van der Waals surface area contributed by atoms with Crippen molar-refractivity contribution in [3.63, 3.8) is 0 Å². The quantitative estimate of drug-likeness (QED) is 0.255.